The van der Waals surface area contributed by atoms with Crippen molar-refractivity contribution in [1.29, 1.82) is 0 Å². The van der Waals surface area contributed by atoms with Gasteiger partial charge < -0.3 is 10.1 Å². The maximum absolute atomic E-state index is 5.18. The summed E-state index contributed by atoms with van der Waals surface area (Å²) in [7, 11) is 1.67. The van der Waals surface area contributed by atoms with Crippen LogP contribution in [0.2, 0.25) is 0 Å². The molecule has 2 rings (SSSR count). The molecular formula is C16H17NO. The molecule has 0 radical (unpaired) electrons. The zero-order valence-corrected chi connectivity index (χ0v) is 10.5. The Morgan fingerprint density at radius 3 is 2.61 bits per heavy atom. The molecule has 2 aromatic carbocycles. The van der Waals surface area contributed by atoms with Crippen molar-refractivity contribution in [2.75, 3.05) is 19.0 Å². The first-order chi connectivity index (χ1) is 8.79. The predicted octanol–water partition coefficient (Wildman–Crippen LogP) is 3.82. The van der Waals surface area contributed by atoms with Crippen LogP contribution in [0.15, 0.2) is 61.2 Å². The third kappa shape index (κ3) is 3.14. The molecule has 2 heteroatoms. The lowest BCUT2D eigenvalue weighted by atomic mass is 10.1. The quantitative estimate of drug-likeness (QED) is 0.856. The van der Waals surface area contributed by atoms with Gasteiger partial charge in [0.25, 0.3) is 0 Å². The Kier molecular flexibility index (Phi) is 4.02. The van der Waals surface area contributed by atoms with Crippen LogP contribution in [0, 0.1) is 0 Å². The van der Waals surface area contributed by atoms with E-state index in [0.717, 1.165) is 29.1 Å². The molecule has 92 valence electrons. The minimum absolute atomic E-state index is 0.719. The molecule has 0 fully saturated rings. The molecular weight excluding hydrogens is 222 g/mol. The van der Waals surface area contributed by atoms with Crippen molar-refractivity contribution in [2.24, 2.45) is 0 Å². The van der Waals surface area contributed by atoms with Gasteiger partial charge in [-0.25, -0.2) is 0 Å². The molecule has 0 saturated carbocycles. The lowest BCUT2D eigenvalue weighted by Crippen LogP contribution is -2.03. The zero-order chi connectivity index (χ0) is 12.8. The van der Waals surface area contributed by atoms with Crippen LogP contribution in [-0.4, -0.2) is 13.7 Å². The molecule has 0 bridgehead atoms. The van der Waals surface area contributed by atoms with Crippen molar-refractivity contribution in [3.8, 4) is 5.75 Å². The van der Waals surface area contributed by atoms with Gasteiger partial charge >= 0.3 is 0 Å². The molecule has 0 aliphatic heterocycles. The van der Waals surface area contributed by atoms with E-state index in [-0.39, 0.29) is 0 Å². The van der Waals surface area contributed by atoms with E-state index in [1.807, 2.05) is 42.5 Å². The van der Waals surface area contributed by atoms with E-state index in [4.69, 9.17) is 4.74 Å². The summed E-state index contributed by atoms with van der Waals surface area (Å²) in [6, 6.07) is 18.1. The average Bonchev–Trinajstić information content (AvgIpc) is 2.46. The van der Waals surface area contributed by atoms with E-state index in [9.17, 15) is 0 Å². The Hall–Kier alpha value is -2.22. The van der Waals surface area contributed by atoms with Gasteiger partial charge in [-0.1, -0.05) is 43.0 Å². The number of anilines is 1. The molecule has 0 aliphatic carbocycles. The second kappa shape index (κ2) is 5.92. The Morgan fingerprint density at radius 2 is 1.89 bits per heavy atom. The zero-order valence-electron chi connectivity index (χ0n) is 10.5. The van der Waals surface area contributed by atoms with Crippen molar-refractivity contribution < 1.29 is 4.74 Å². The fourth-order valence-electron chi connectivity index (χ4n) is 1.72. The molecule has 0 aliphatic rings. The number of hydrogen-bond donors (Lipinski definition) is 1. The molecule has 0 amide bonds. The monoisotopic (exact) mass is 239 g/mol. The van der Waals surface area contributed by atoms with E-state index >= 15 is 0 Å². The molecule has 2 aromatic rings. The summed E-state index contributed by atoms with van der Waals surface area (Å²) < 4.78 is 5.18. The Labute approximate surface area is 108 Å². The topological polar surface area (TPSA) is 21.3 Å². The maximum Gasteiger partial charge on any atom is 0.120 e. The van der Waals surface area contributed by atoms with Crippen molar-refractivity contribution in [2.45, 2.75) is 0 Å². The van der Waals surface area contributed by atoms with Crippen molar-refractivity contribution in [3.05, 3.63) is 66.7 Å². The number of benzene rings is 2. The molecule has 0 spiro atoms. The highest BCUT2D eigenvalue weighted by Gasteiger charge is 1.99. The molecule has 0 atom stereocenters. The van der Waals surface area contributed by atoms with Crippen LogP contribution in [0.25, 0.3) is 5.57 Å². The van der Waals surface area contributed by atoms with E-state index in [1.165, 1.54) is 0 Å². The minimum Gasteiger partial charge on any atom is -0.497 e. The third-order valence-electron chi connectivity index (χ3n) is 2.76. The first-order valence-corrected chi connectivity index (χ1v) is 5.91. The van der Waals surface area contributed by atoms with Crippen LogP contribution in [0.1, 0.15) is 5.56 Å². The van der Waals surface area contributed by atoms with E-state index in [0.29, 0.717) is 0 Å². The van der Waals surface area contributed by atoms with Gasteiger partial charge in [0.2, 0.25) is 0 Å². The SMILES string of the molecule is C=C(CNc1cccc(OC)c1)c1ccccc1. The highest BCUT2D eigenvalue weighted by atomic mass is 16.5. The van der Waals surface area contributed by atoms with E-state index in [1.54, 1.807) is 7.11 Å². The molecule has 0 heterocycles. The van der Waals surface area contributed by atoms with Crippen molar-refractivity contribution in [1.82, 2.24) is 0 Å². The van der Waals surface area contributed by atoms with Gasteiger partial charge in [0.15, 0.2) is 0 Å². The van der Waals surface area contributed by atoms with Gasteiger partial charge in [0.1, 0.15) is 5.75 Å². The number of rotatable bonds is 5. The highest BCUT2D eigenvalue weighted by molar-refractivity contribution is 5.67. The maximum atomic E-state index is 5.18. The Balaban J connectivity index is 1.97. The fourth-order valence-corrected chi connectivity index (χ4v) is 1.72. The molecule has 0 unspecified atom stereocenters. The second-order valence-corrected chi connectivity index (χ2v) is 4.06. The minimum atomic E-state index is 0.719. The van der Waals surface area contributed by atoms with E-state index < -0.39 is 0 Å². The first-order valence-electron chi connectivity index (χ1n) is 5.91. The van der Waals surface area contributed by atoms with Crippen LogP contribution in [0.4, 0.5) is 5.69 Å². The lowest BCUT2D eigenvalue weighted by molar-refractivity contribution is 0.415. The summed E-state index contributed by atoms with van der Waals surface area (Å²) in [5, 5.41) is 3.34. The van der Waals surface area contributed by atoms with Gasteiger partial charge in [-0.15, -0.1) is 0 Å². The van der Waals surface area contributed by atoms with Crippen molar-refractivity contribution >= 4 is 11.3 Å². The number of ether oxygens (including phenoxy) is 1. The summed E-state index contributed by atoms with van der Waals surface area (Å²) in [4.78, 5) is 0. The van der Waals surface area contributed by atoms with Gasteiger partial charge in [0.05, 0.1) is 7.11 Å². The van der Waals surface area contributed by atoms with Crippen LogP contribution in [-0.2, 0) is 0 Å². The molecule has 18 heavy (non-hydrogen) atoms. The molecule has 2 nitrogen and oxygen atoms in total. The first kappa shape index (κ1) is 12.2. The standard InChI is InChI=1S/C16H17NO/c1-13(14-7-4-3-5-8-14)12-17-15-9-6-10-16(11-15)18-2/h3-11,17H,1,12H2,2H3. The smallest absolute Gasteiger partial charge is 0.120 e. The Morgan fingerprint density at radius 1 is 1.11 bits per heavy atom. The third-order valence-corrected chi connectivity index (χ3v) is 2.76. The second-order valence-electron chi connectivity index (χ2n) is 4.06. The molecule has 1 N–H and O–H groups in total. The summed E-state index contributed by atoms with van der Waals surface area (Å²) in [6.07, 6.45) is 0. The fraction of sp³-hybridized carbons (Fsp3) is 0.125. The molecule has 0 saturated heterocycles. The highest BCUT2D eigenvalue weighted by Crippen LogP contribution is 2.18. The van der Waals surface area contributed by atoms with Gasteiger partial charge in [-0.05, 0) is 23.3 Å². The Bertz CT molecular complexity index is 520. The van der Waals surface area contributed by atoms with Gasteiger partial charge in [-0.3, -0.25) is 0 Å². The largest absolute Gasteiger partial charge is 0.497 e. The summed E-state index contributed by atoms with van der Waals surface area (Å²) in [6.45, 7) is 4.81. The van der Waals surface area contributed by atoms with Crippen LogP contribution < -0.4 is 10.1 Å². The predicted molar refractivity (Wildman–Crippen MR) is 77.0 cm³/mol. The van der Waals surface area contributed by atoms with E-state index in [2.05, 4.69) is 24.0 Å². The van der Waals surface area contributed by atoms with Crippen LogP contribution in [0.3, 0.4) is 0 Å². The average molecular weight is 239 g/mol. The summed E-state index contributed by atoms with van der Waals surface area (Å²) >= 11 is 0. The number of hydrogen-bond acceptors (Lipinski definition) is 2. The summed E-state index contributed by atoms with van der Waals surface area (Å²) in [5.74, 6) is 0.852. The summed E-state index contributed by atoms with van der Waals surface area (Å²) in [5.41, 5.74) is 3.26. The van der Waals surface area contributed by atoms with Crippen LogP contribution >= 0.6 is 0 Å². The normalized spacial score (nSPS) is 9.83. The number of methoxy groups -OCH3 is 1. The van der Waals surface area contributed by atoms with Crippen molar-refractivity contribution in [3.63, 3.8) is 0 Å². The van der Waals surface area contributed by atoms with Crippen LogP contribution in [0.5, 0.6) is 5.75 Å². The van der Waals surface area contributed by atoms with Gasteiger partial charge in [0, 0.05) is 18.3 Å². The van der Waals surface area contributed by atoms with Gasteiger partial charge in [-0.2, -0.15) is 0 Å². The molecule has 0 aromatic heterocycles. The number of nitrogens with one attached hydrogen (secondary N) is 1. The lowest BCUT2D eigenvalue weighted by Gasteiger charge is -2.10.